The van der Waals surface area contributed by atoms with Crippen molar-refractivity contribution in [2.75, 3.05) is 0 Å². The fraction of sp³-hybridized carbons (Fsp3) is 0. The van der Waals surface area contributed by atoms with E-state index >= 15 is 0 Å². The van der Waals surface area contributed by atoms with Crippen LogP contribution in [0.3, 0.4) is 0 Å². The van der Waals surface area contributed by atoms with Crippen molar-refractivity contribution in [3.05, 3.63) is 134 Å². The maximum Gasteiger partial charge on any atom is 0.160 e. The maximum atomic E-state index is 6.44. The molecule has 3 aromatic heterocycles. The van der Waals surface area contributed by atoms with Crippen LogP contribution >= 0.6 is 0 Å². The molecule has 0 saturated heterocycles. The largest absolute Gasteiger partial charge is 0.455 e. The number of nitrogens with zero attached hydrogens (tertiary/aromatic N) is 2. The predicted molar refractivity (Wildman–Crippen MR) is 168 cm³/mol. The second-order valence-electron chi connectivity index (χ2n) is 10.5. The zero-order chi connectivity index (χ0) is 26.9. The molecule has 0 spiro atoms. The molecular formula is C38H22N2O. The van der Waals surface area contributed by atoms with Gasteiger partial charge in [-0.2, -0.15) is 0 Å². The highest BCUT2D eigenvalue weighted by Gasteiger charge is 2.24. The van der Waals surface area contributed by atoms with Crippen LogP contribution in [0.2, 0.25) is 0 Å². The third kappa shape index (κ3) is 3.20. The molecule has 0 bridgehead atoms. The van der Waals surface area contributed by atoms with Crippen LogP contribution in [0.15, 0.2) is 138 Å². The van der Waals surface area contributed by atoms with Gasteiger partial charge in [0, 0.05) is 39.0 Å². The summed E-state index contributed by atoms with van der Waals surface area (Å²) in [6, 6.07) is 44.9. The number of hydrogen-bond acceptors (Lipinski definition) is 3. The van der Waals surface area contributed by atoms with Gasteiger partial charge in [0.05, 0.1) is 5.69 Å². The fourth-order valence-electron chi connectivity index (χ4n) is 6.51. The van der Waals surface area contributed by atoms with Crippen molar-refractivity contribution >= 4 is 33.0 Å². The van der Waals surface area contributed by atoms with Gasteiger partial charge in [-0.3, -0.25) is 0 Å². The monoisotopic (exact) mass is 522 g/mol. The van der Waals surface area contributed by atoms with Gasteiger partial charge in [0.15, 0.2) is 5.65 Å². The molecule has 190 valence electrons. The lowest BCUT2D eigenvalue weighted by Gasteiger charge is -2.23. The topological polar surface area (TPSA) is 38.9 Å². The normalized spacial score (nSPS) is 11.9. The van der Waals surface area contributed by atoms with Gasteiger partial charge < -0.3 is 4.42 Å². The van der Waals surface area contributed by atoms with E-state index in [0.29, 0.717) is 0 Å². The molecular weight excluding hydrogens is 500 g/mol. The third-order valence-electron chi connectivity index (χ3n) is 8.33. The zero-order valence-corrected chi connectivity index (χ0v) is 22.0. The second-order valence-corrected chi connectivity index (χ2v) is 10.5. The van der Waals surface area contributed by atoms with Crippen LogP contribution in [-0.4, -0.2) is 9.97 Å². The van der Waals surface area contributed by atoms with Crippen molar-refractivity contribution in [1.82, 2.24) is 9.97 Å². The van der Waals surface area contributed by atoms with Crippen molar-refractivity contribution in [3.63, 3.8) is 0 Å². The van der Waals surface area contributed by atoms with Gasteiger partial charge >= 0.3 is 0 Å². The molecule has 0 saturated carbocycles. The first-order valence-corrected chi connectivity index (χ1v) is 13.8. The third-order valence-corrected chi connectivity index (χ3v) is 8.33. The summed E-state index contributed by atoms with van der Waals surface area (Å²) in [6.07, 6.45) is 1.86. The van der Waals surface area contributed by atoms with Crippen LogP contribution in [0.1, 0.15) is 0 Å². The number of fused-ring (bicyclic) bond motifs is 12. The van der Waals surface area contributed by atoms with Crippen molar-refractivity contribution in [1.29, 1.82) is 0 Å². The second kappa shape index (κ2) is 8.48. The standard InChI is InChI=1S/C38H22N2O/c1-2-11-24-23(10-1)25-12-3-4-14-27(25)33-22-34-28(20-21-39-38(34)40-36(33)30-16-6-5-13-26(24)30)31-17-9-18-32-29-15-7-8-19-35(29)41-37(31)32/h1-22H. The Balaban J connectivity index is 1.40. The molecule has 3 heteroatoms. The molecule has 9 rings (SSSR count). The van der Waals surface area contributed by atoms with Gasteiger partial charge in [0.1, 0.15) is 11.2 Å². The molecule has 0 fully saturated rings. The average Bonchev–Trinajstić information content (AvgIpc) is 3.42. The predicted octanol–water partition coefficient (Wildman–Crippen LogP) is 10.2. The smallest absolute Gasteiger partial charge is 0.160 e. The van der Waals surface area contributed by atoms with Crippen LogP contribution in [0, 0.1) is 0 Å². The summed E-state index contributed by atoms with van der Waals surface area (Å²) in [5, 5.41) is 3.23. The lowest BCUT2D eigenvalue weighted by molar-refractivity contribution is 0.670. The SMILES string of the molecule is c1ccc2c(c1)-c1ccccc1-c1cc3c(-c4cccc5c4oc4ccccc45)ccnc3nc1-c1ccccc1-2. The molecule has 3 nitrogen and oxygen atoms in total. The molecule has 5 aromatic carbocycles. The summed E-state index contributed by atoms with van der Waals surface area (Å²) in [4.78, 5) is 10.1. The average molecular weight is 523 g/mol. The minimum Gasteiger partial charge on any atom is -0.455 e. The van der Waals surface area contributed by atoms with Crippen LogP contribution < -0.4 is 0 Å². The van der Waals surface area contributed by atoms with E-state index in [1.54, 1.807) is 0 Å². The highest BCUT2D eigenvalue weighted by molar-refractivity contribution is 6.13. The Morgan fingerprint density at radius 3 is 1.71 bits per heavy atom. The van der Waals surface area contributed by atoms with Gasteiger partial charge in [-0.25, -0.2) is 9.97 Å². The minimum atomic E-state index is 0.718. The summed E-state index contributed by atoms with van der Waals surface area (Å²) < 4.78 is 6.44. The Kier molecular flexibility index (Phi) is 4.61. The number of pyridine rings is 2. The van der Waals surface area contributed by atoms with Crippen molar-refractivity contribution in [2.24, 2.45) is 0 Å². The molecule has 0 amide bonds. The number of furan rings is 1. The van der Waals surface area contributed by atoms with E-state index in [1.807, 2.05) is 18.3 Å². The van der Waals surface area contributed by atoms with Crippen molar-refractivity contribution in [2.45, 2.75) is 0 Å². The number of hydrogen-bond donors (Lipinski definition) is 0. The van der Waals surface area contributed by atoms with Gasteiger partial charge in [-0.15, -0.1) is 0 Å². The number of para-hydroxylation sites is 2. The lowest BCUT2D eigenvalue weighted by atomic mass is 9.82. The van der Waals surface area contributed by atoms with Crippen LogP contribution in [0.4, 0.5) is 0 Å². The van der Waals surface area contributed by atoms with Gasteiger partial charge in [0.25, 0.3) is 0 Å². The Hall–Kier alpha value is -5.54. The first-order valence-electron chi connectivity index (χ1n) is 13.8. The molecule has 0 unspecified atom stereocenters. The van der Waals surface area contributed by atoms with Gasteiger partial charge in [-0.05, 0) is 51.6 Å². The fourth-order valence-corrected chi connectivity index (χ4v) is 6.51. The Morgan fingerprint density at radius 1 is 0.415 bits per heavy atom. The molecule has 3 heterocycles. The van der Waals surface area contributed by atoms with Crippen LogP contribution in [0.5, 0.6) is 0 Å². The Bertz CT molecular complexity index is 2330. The van der Waals surface area contributed by atoms with E-state index in [0.717, 1.165) is 66.5 Å². The van der Waals surface area contributed by atoms with Crippen LogP contribution in [0.25, 0.3) is 88.7 Å². The van der Waals surface area contributed by atoms with E-state index in [2.05, 4.69) is 115 Å². The van der Waals surface area contributed by atoms with Crippen molar-refractivity contribution < 1.29 is 4.42 Å². The first kappa shape index (κ1) is 22.3. The van der Waals surface area contributed by atoms with E-state index in [4.69, 9.17) is 14.4 Å². The molecule has 1 aliphatic carbocycles. The molecule has 0 N–H and O–H groups in total. The Morgan fingerprint density at radius 2 is 0.976 bits per heavy atom. The first-order chi connectivity index (χ1) is 20.3. The number of rotatable bonds is 1. The zero-order valence-electron chi connectivity index (χ0n) is 22.0. The molecule has 41 heavy (non-hydrogen) atoms. The lowest BCUT2D eigenvalue weighted by Crippen LogP contribution is -2.00. The van der Waals surface area contributed by atoms with E-state index < -0.39 is 0 Å². The number of benzene rings is 5. The maximum absolute atomic E-state index is 6.44. The molecule has 0 atom stereocenters. The molecule has 8 aromatic rings. The minimum absolute atomic E-state index is 0.718. The van der Waals surface area contributed by atoms with E-state index in [1.165, 1.54) is 22.3 Å². The summed E-state index contributed by atoms with van der Waals surface area (Å²) in [7, 11) is 0. The van der Waals surface area contributed by atoms with E-state index in [-0.39, 0.29) is 0 Å². The van der Waals surface area contributed by atoms with E-state index in [9.17, 15) is 0 Å². The molecule has 0 radical (unpaired) electrons. The summed E-state index contributed by atoms with van der Waals surface area (Å²) in [5.74, 6) is 0. The molecule has 1 aliphatic rings. The summed E-state index contributed by atoms with van der Waals surface area (Å²) >= 11 is 0. The van der Waals surface area contributed by atoms with Crippen molar-refractivity contribution in [3.8, 4) is 55.8 Å². The highest BCUT2D eigenvalue weighted by atomic mass is 16.3. The summed E-state index contributed by atoms with van der Waals surface area (Å²) in [5.41, 5.74) is 13.7. The van der Waals surface area contributed by atoms with Gasteiger partial charge in [-0.1, -0.05) is 109 Å². The quantitative estimate of drug-likeness (QED) is 0.215. The van der Waals surface area contributed by atoms with Gasteiger partial charge in [0.2, 0.25) is 0 Å². The number of aromatic nitrogens is 2. The van der Waals surface area contributed by atoms with Crippen LogP contribution in [-0.2, 0) is 0 Å². The highest BCUT2D eigenvalue weighted by Crippen LogP contribution is 2.48. The molecule has 0 aliphatic heterocycles. The Labute approximate surface area is 236 Å². The summed E-state index contributed by atoms with van der Waals surface area (Å²) in [6.45, 7) is 0.